The minimum absolute atomic E-state index is 0. The van der Waals surface area contributed by atoms with Gasteiger partial charge < -0.3 is 10.5 Å². The lowest BCUT2D eigenvalue weighted by Crippen LogP contribution is -2.27. The molecule has 6 nitrogen and oxygen atoms in total. The molecule has 0 aliphatic rings. The normalized spacial score (nSPS) is 9.88. The van der Waals surface area contributed by atoms with Gasteiger partial charge in [-0.2, -0.15) is 0 Å². The molecule has 2 rings (SSSR count). The molecule has 0 fully saturated rings. The molecule has 0 bridgehead atoms. The monoisotopic (exact) mass is 332 g/mol. The summed E-state index contributed by atoms with van der Waals surface area (Å²) in [5, 5.41) is 2.57. The molecule has 0 spiro atoms. The Morgan fingerprint density at radius 2 is 1.62 bits per heavy atom. The van der Waals surface area contributed by atoms with Gasteiger partial charge in [-0.05, 0) is 70.0 Å². The van der Waals surface area contributed by atoms with E-state index in [9.17, 15) is 4.79 Å². The van der Waals surface area contributed by atoms with Crippen LogP contribution in [0.4, 0.5) is 16.4 Å². The molecule has 0 aliphatic carbocycles. The van der Waals surface area contributed by atoms with E-state index < -0.39 is 11.7 Å². The van der Waals surface area contributed by atoms with E-state index >= 15 is 0 Å². The zero-order valence-corrected chi connectivity index (χ0v) is 14.3. The Labute approximate surface area is 144 Å². The number of nitrogen functional groups attached to an aromatic ring is 1. The second-order valence-corrected chi connectivity index (χ2v) is 6.10. The molecule has 6 heteroatoms. The molecule has 1 amide bonds. The molecule has 2 aromatic rings. The van der Waals surface area contributed by atoms with Crippen molar-refractivity contribution in [1.29, 1.82) is 0 Å². The molecular formula is C18H28N4O2. The molecular weight excluding hydrogens is 304 g/mol. The Hall–Kier alpha value is -2.63. The number of carbonyl (C=O) groups is 1. The van der Waals surface area contributed by atoms with E-state index in [-0.39, 0.29) is 7.43 Å². The van der Waals surface area contributed by atoms with E-state index in [1.807, 2.05) is 52.8 Å². The van der Waals surface area contributed by atoms with Crippen LogP contribution in [0, 0.1) is 13.8 Å². The van der Waals surface area contributed by atoms with Crippen LogP contribution in [0.25, 0.3) is 0 Å². The van der Waals surface area contributed by atoms with Crippen molar-refractivity contribution in [2.75, 3.05) is 11.1 Å². The van der Waals surface area contributed by atoms with Gasteiger partial charge in [-0.15, -0.1) is 0 Å². The maximum Gasteiger partial charge on any atom is 0.413 e. The van der Waals surface area contributed by atoms with Crippen LogP contribution in [0.5, 0.6) is 0 Å². The predicted octanol–water partition coefficient (Wildman–Crippen LogP) is 4.35. The number of carbonyl (C=O) groups excluding carboxylic acids is 1. The molecule has 0 unspecified atom stereocenters. The van der Waals surface area contributed by atoms with Crippen molar-refractivity contribution < 1.29 is 9.53 Å². The van der Waals surface area contributed by atoms with E-state index in [4.69, 9.17) is 10.5 Å². The average Bonchev–Trinajstić information content (AvgIpc) is 2.36. The summed E-state index contributed by atoms with van der Waals surface area (Å²) in [6, 6.07) is 7.39. The minimum Gasteiger partial charge on any atom is -0.444 e. The molecule has 3 N–H and O–H groups in total. The van der Waals surface area contributed by atoms with Crippen molar-refractivity contribution in [3.8, 4) is 0 Å². The van der Waals surface area contributed by atoms with Gasteiger partial charge in [-0.3, -0.25) is 5.32 Å². The standard InChI is InChI=1S/C11H16N2O2.C6H8N2.CH4/c1-8-5-6-12-9(7-8)13-10(14)15-11(2,3)4;1-5-2-3-8-6(7)4-5;/h5-7H,1-4H3,(H,12,13,14);2-4H,1H3,(H2,7,8);1H4. The van der Waals surface area contributed by atoms with Gasteiger partial charge in [-0.1, -0.05) is 7.43 Å². The van der Waals surface area contributed by atoms with Crippen LogP contribution in [0.15, 0.2) is 36.7 Å². The second-order valence-electron chi connectivity index (χ2n) is 6.10. The van der Waals surface area contributed by atoms with Gasteiger partial charge in [0.2, 0.25) is 0 Å². The first-order valence-corrected chi connectivity index (χ1v) is 7.26. The molecule has 0 radical (unpaired) electrons. The topological polar surface area (TPSA) is 90.1 Å². The Bertz CT molecular complexity index is 634. The summed E-state index contributed by atoms with van der Waals surface area (Å²) in [6.45, 7) is 9.36. The number of hydrogen-bond acceptors (Lipinski definition) is 5. The molecule has 0 atom stereocenters. The lowest BCUT2D eigenvalue weighted by atomic mass is 10.2. The maximum atomic E-state index is 11.4. The van der Waals surface area contributed by atoms with Crippen molar-refractivity contribution in [3.05, 3.63) is 47.8 Å². The fraction of sp³-hybridized carbons (Fsp3) is 0.389. The van der Waals surface area contributed by atoms with E-state index in [1.54, 1.807) is 18.5 Å². The van der Waals surface area contributed by atoms with Crippen LogP contribution in [-0.2, 0) is 4.74 Å². The minimum atomic E-state index is -0.492. The quantitative estimate of drug-likeness (QED) is 0.810. The van der Waals surface area contributed by atoms with E-state index in [0.29, 0.717) is 11.6 Å². The summed E-state index contributed by atoms with van der Waals surface area (Å²) >= 11 is 0. The smallest absolute Gasteiger partial charge is 0.413 e. The number of amides is 1. The Balaban J connectivity index is 0.000000498. The van der Waals surface area contributed by atoms with Crippen LogP contribution in [-0.4, -0.2) is 21.7 Å². The third-order valence-electron chi connectivity index (χ3n) is 2.48. The summed E-state index contributed by atoms with van der Waals surface area (Å²) in [5.74, 6) is 1.09. The number of pyridine rings is 2. The lowest BCUT2D eigenvalue weighted by molar-refractivity contribution is 0.0635. The van der Waals surface area contributed by atoms with Gasteiger partial charge in [-0.25, -0.2) is 14.8 Å². The summed E-state index contributed by atoms with van der Waals surface area (Å²) in [5.41, 5.74) is 7.04. The van der Waals surface area contributed by atoms with Crippen LogP contribution in [0.2, 0.25) is 0 Å². The maximum absolute atomic E-state index is 11.4. The Kier molecular flexibility index (Phi) is 8.46. The van der Waals surface area contributed by atoms with Gasteiger partial charge >= 0.3 is 6.09 Å². The fourth-order valence-electron chi connectivity index (χ4n) is 1.57. The van der Waals surface area contributed by atoms with Crippen molar-refractivity contribution in [1.82, 2.24) is 9.97 Å². The number of nitrogens with two attached hydrogens (primary N) is 1. The molecule has 2 aromatic heterocycles. The Morgan fingerprint density at radius 3 is 2.04 bits per heavy atom. The van der Waals surface area contributed by atoms with Crippen molar-refractivity contribution in [2.24, 2.45) is 0 Å². The van der Waals surface area contributed by atoms with Gasteiger partial charge in [0.15, 0.2) is 0 Å². The number of nitrogens with zero attached hydrogens (tertiary/aromatic N) is 2. The fourth-order valence-corrected chi connectivity index (χ4v) is 1.57. The lowest BCUT2D eigenvalue weighted by Gasteiger charge is -2.19. The predicted molar refractivity (Wildman–Crippen MR) is 98.9 cm³/mol. The van der Waals surface area contributed by atoms with Crippen molar-refractivity contribution >= 4 is 17.7 Å². The SMILES string of the molecule is C.Cc1ccnc(N)c1.Cc1ccnc(NC(=O)OC(C)(C)C)c1. The highest BCUT2D eigenvalue weighted by molar-refractivity contribution is 5.83. The summed E-state index contributed by atoms with van der Waals surface area (Å²) < 4.78 is 5.09. The molecule has 2 heterocycles. The number of aromatic nitrogens is 2. The van der Waals surface area contributed by atoms with Crippen molar-refractivity contribution in [3.63, 3.8) is 0 Å². The zero-order chi connectivity index (χ0) is 17.5. The van der Waals surface area contributed by atoms with Crippen molar-refractivity contribution in [2.45, 2.75) is 47.6 Å². The largest absolute Gasteiger partial charge is 0.444 e. The summed E-state index contributed by atoms with van der Waals surface area (Å²) in [6.07, 6.45) is 2.85. The molecule has 0 aliphatic heterocycles. The molecule has 132 valence electrons. The number of anilines is 2. The van der Waals surface area contributed by atoms with Gasteiger partial charge in [0.05, 0.1) is 0 Å². The number of aryl methyl sites for hydroxylation is 2. The highest BCUT2D eigenvalue weighted by Gasteiger charge is 2.16. The highest BCUT2D eigenvalue weighted by atomic mass is 16.6. The van der Waals surface area contributed by atoms with Gasteiger partial charge in [0.25, 0.3) is 0 Å². The zero-order valence-electron chi connectivity index (χ0n) is 14.3. The van der Waals surface area contributed by atoms with Crippen LogP contribution in [0.1, 0.15) is 39.3 Å². The van der Waals surface area contributed by atoms with Crippen LogP contribution in [0.3, 0.4) is 0 Å². The van der Waals surface area contributed by atoms with Crippen LogP contribution < -0.4 is 11.1 Å². The summed E-state index contributed by atoms with van der Waals surface area (Å²) in [4.78, 5) is 19.2. The third-order valence-corrected chi connectivity index (χ3v) is 2.48. The number of hydrogen-bond donors (Lipinski definition) is 2. The van der Waals surface area contributed by atoms with E-state index in [0.717, 1.165) is 11.1 Å². The first-order chi connectivity index (χ1) is 10.7. The first kappa shape index (κ1) is 21.4. The number of rotatable bonds is 1. The number of nitrogens with one attached hydrogen (secondary N) is 1. The molecule has 24 heavy (non-hydrogen) atoms. The van der Waals surface area contributed by atoms with Gasteiger partial charge in [0.1, 0.15) is 17.2 Å². The van der Waals surface area contributed by atoms with Crippen LogP contribution >= 0.6 is 0 Å². The second kappa shape index (κ2) is 9.50. The first-order valence-electron chi connectivity index (χ1n) is 7.26. The van der Waals surface area contributed by atoms with Gasteiger partial charge in [0, 0.05) is 12.4 Å². The van der Waals surface area contributed by atoms with E-state index in [2.05, 4.69) is 15.3 Å². The molecule has 0 saturated heterocycles. The Morgan fingerprint density at radius 1 is 1.08 bits per heavy atom. The summed E-state index contributed by atoms with van der Waals surface area (Å²) in [7, 11) is 0. The highest BCUT2D eigenvalue weighted by Crippen LogP contribution is 2.10. The third kappa shape index (κ3) is 9.40. The molecule has 0 aromatic carbocycles. The average molecular weight is 332 g/mol. The number of ether oxygens (including phenoxy) is 1. The molecule has 0 saturated carbocycles. The van der Waals surface area contributed by atoms with E-state index in [1.165, 1.54) is 0 Å².